The van der Waals surface area contributed by atoms with E-state index in [1.807, 2.05) is 6.07 Å². The van der Waals surface area contributed by atoms with Crippen LogP contribution >= 0.6 is 0 Å². The Kier molecular flexibility index (Phi) is 5.10. The average Bonchev–Trinajstić information content (AvgIpc) is 3.27. The Morgan fingerprint density at radius 2 is 2.14 bits per heavy atom. The standard InChI is InChI=1S/C18H16F2N8O/c1-9-14(6-21)26-27(2)16(9)17(29)25-11-3-4-13(22)12(5-11)15(23)10-7-24-28(8-10)18(19)20/h3-5,7-8,18,23H,22H2,1-2H3,(H,25,29)/p+1. The Morgan fingerprint density at radius 1 is 1.41 bits per heavy atom. The number of anilines is 2. The summed E-state index contributed by atoms with van der Waals surface area (Å²) in [6.45, 7) is -1.17. The third kappa shape index (κ3) is 3.68. The summed E-state index contributed by atoms with van der Waals surface area (Å²) in [6, 6.07) is 6.56. The van der Waals surface area contributed by atoms with Crippen LogP contribution in [0.3, 0.4) is 0 Å². The predicted molar refractivity (Wildman–Crippen MR) is 100 cm³/mol. The van der Waals surface area contributed by atoms with Crippen molar-refractivity contribution in [3.05, 3.63) is 58.7 Å². The molecule has 3 rings (SSSR count). The zero-order valence-electron chi connectivity index (χ0n) is 15.5. The quantitative estimate of drug-likeness (QED) is 0.426. The van der Waals surface area contributed by atoms with Gasteiger partial charge in [-0.15, -0.1) is 0 Å². The summed E-state index contributed by atoms with van der Waals surface area (Å²) in [5.74, 6) is -0.473. The van der Waals surface area contributed by atoms with Crippen LogP contribution < -0.4 is 16.5 Å². The SMILES string of the molecule is Cc1c(C#N)nn(C)c1C(=O)Nc1ccc(N)c(C(=[NH2+])c2cnn(C(F)F)c2)c1. The molecule has 0 aliphatic carbocycles. The number of amides is 1. The Hall–Kier alpha value is -4.07. The van der Waals surface area contributed by atoms with Crippen LogP contribution in [-0.2, 0) is 7.05 Å². The molecule has 0 saturated heterocycles. The molecule has 29 heavy (non-hydrogen) atoms. The molecule has 0 aliphatic heterocycles. The molecule has 0 unspecified atom stereocenters. The lowest BCUT2D eigenvalue weighted by Gasteiger charge is -2.09. The van der Waals surface area contributed by atoms with Gasteiger partial charge in [0.2, 0.25) is 5.71 Å². The number of carbonyl (C=O) groups is 1. The third-order valence-corrected chi connectivity index (χ3v) is 4.32. The number of benzene rings is 1. The van der Waals surface area contributed by atoms with Crippen molar-refractivity contribution in [2.24, 2.45) is 7.05 Å². The van der Waals surface area contributed by atoms with E-state index in [2.05, 4.69) is 15.5 Å². The predicted octanol–water partition coefficient (Wildman–Crippen LogP) is 0.623. The van der Waals surface area contributed by atoms with Crippen LogP contribution in [-0.4, -0.2) is 31.2 Å². The van der Waals surface area contributed by atoms with Crippen molar-refractivity contribution < 1.29 is 19.0 Å². The van der Waals surface area contributed by atoms with E-state index < -0.39 is 12.5 Å². The van der Waals surface area contributed by atoms with Gasteiger partial charge in [0.25, 0.3) is 5.91 Å². The molecule has 0 radical (unpaired) electrons. The topological polar surface area (TPSA) is 140 Å². The highest BCUT2D eigenvalue weighted by molar-refractivity contribution is 6.13. The molecule has 0 spiro atoms. The highest BCUT2D eigenvalue weighted by atomic mass is 19.3. The van der Waals surface area contributed by atoms with Gasteiger partial charge in [0.05, 0.1) is 17.3 Å². The van der Waals surface area contributed by atoms with E-state index in [-0.39, 0.29) is 22.7 Å². The molecule has 2 aromatic heterocycles. The van der Waals surface area contributed by atoms with Crippen molar-refractivity contribution in [3.63, 3.8) is 0 Å². The fourth-order valence-corrected chi connectivity index (χ4v) is 2.85. The molecule has 0 bridgehead atoms. The molecule has 2 heterocycles. The van der Waals surface area contributed by atoms with Gasteiger partial charge < -0.3 is 11.1 Å². The van der Waals surface area contributed by atoms with E-state index in [0.717, 1.165) is 6.20 Å². The first-order chi connectivity index (χ1) is 13.7. The molecular weight excluding hydrogens is 382 g/mol. The number of rotatable bonds is 5. The second-order valence-corrected chi connectivity index (χ2v) is 6.21. The van der Waals surface area contributed by atoms with Gasteiger partial charge in [0.1, 0.15) is 11.8 Å². The first-order valence-corrected chi connectivity index (χ1v) is 8.33. The first kappa shape index (κ1) is 19.7. The molecule has 0 aliphatic rings. The number of aryl methyl sites for hydroxylation is 1. The molecule has 0 fully saturated rings. The van der Waals surface area contributed by atoms with E-state index in [1.54, 1.807) is 20.0 Å². The number of halogens is 2. The van der Waals surface area contributed by atoms with Crippen LogP contribution in [0.1, 0.15) is 39.4 Å². The number of nitrogens with two attached hydrogens (primary N) is 2. The van der Waals surface area contributed by atoms with Gasteiger partial charge >= 0.3 is 6.55 Å². The van der Waals surface area contributed by atoms with Crippen LogP contribution in [0.5, 0.6) is 0 Å². The smallest absolute Gasteiger partial charge is 0.333 e. The number of carbonyl (C=O) groups excluding carboxylic acids is 1. The summed E-state index contributed by atoms with van der Waals surface area (Å²) in [5.41, 5.74) is 8.24. The summed E-state index contributed by atoms with van der Waals surface area (Å²) in [5, 5.41) is 25.4. The number of nitrogens with zero attached hydrogens (tertiary/aromatic N) is 5. The minimum Gasteiger partial charge on any atom is -0.398 e. The Morgan fingerprint density at radius 3 is 2.72 bits per heavy atom. The highest BCUT2D eigenvalue weighted by Crippen LogP contribution is 2.22. The van der Waals surface area contributed by atoms with Crippen molar-refractivity contribution in [2.45, 2.75) is 13.5 Å². The fraction of sp³-hybridized carbons (Fsp3) is 0.167. The number of nitriles is 1. The average molecular weight is 399 g/mol. The maximum absolute atomic E-state index is 12.7. The number of nitrogen functional groups attached to an aromatic ring is 1. The van der Waals surface area contributed by atoms with Gasteiger partial charge in [-0.3, -0.25) is 14.9 Å². The number of aromatic nitrogens is 4. The molecule has 1 amide bonds. The molecule has 0 atom stereocenters. The molecule has 11 heteroatoms. The van der Waals surface area contributed by atoms with Gasteiger partial charge in [-0.05, 0) is 25.1 Å². The van der Waals surface area contributed by atoms with Gasteiger partial charge in [-0.2, -0.15) is 24.2 Å². The minimum atomic E-state index is -2.79. The number of nitrogens with one attached hydrogen (secondary N) is 1. The molecule has 0 saturated carbocycles. The Bertz CT molecular complexity index is 1160. The van der Waals surface area contributed by atoms with Crippen LogP contribution in [0.15, 0.2) is 30.6 Å². The minimum absolute atomic E-state index is 0.133. The van der Waals surface area contributed by atoms with Crippen molar-refractivity contribution in [3.8, 4) is 6.07 Å². The molecule has 1 aromatic carbocycles. The van der Waals surface area contributed by atoms with Crippen molar-refractivity contribution in [1.82, 2.24) is 19.6 Å². The Balaban J connectivity index is 1.89. The lowest BCUT2D eigenvalue weighted by molar-refractivity contribution is -0.111. The fourth-order valence-electron chi connectivity index (χ4n) is 2.85. The highest BCUT2D eigenvalue weighted by Gasteiger charge is 2.21. The van der Waals surface area contributed by atoms with E-state index >= 15 is 0 Å². The summed E-state index contributed by atoms with van der Waals surface area (Å²) < 4.78 is 27.3. The Labute approximate surface area is 163 Å². The molecular formula is C18H17F2N8O+. The monoisotopic (exact) mass is 399 g/mol. The van der Waals surface area contributed by atoms with E-state index in [1.165, 1.54) is 23.0 Å². The number of alkyl halides is 2. The van der Waals surface area contributed by atoms with Crippen LogP contribution in [0.25, 0.3) is 0 Å². The zero-order valence-corrected chi connectivity index (χ0v) is 15.5. The molecule has 5 N–H and O–H groups in total. The number of hydrogen-bond acceptors (Lipinski definition) is 5. The molecule has 3 aromatic rings. The second-order valence-electron chi connectivity index (χ2n) is 6.21. The van der Waals surface area contributed by atoms with Gasteiger partial charge in [0.15, 0.2) is 5.69 Å². The van der Waals surface area contributed by atoms with Crippen molar-refractivity contribution >= 4 is 23.0 Å². The summed E-state index contributed by atoms with van der Waals surface area (Å²) >= 11 is 0. The van der Waals surface area contributed by atoms with Crippen molar-refractivity contribution in [1.29, 1.82) is 5.26 Å². The van der Waals surface area contributed by atoms with Gasteiger partial charge in [-0.25, -0.2) is 4.68 Å². The van der Waals surface area contributed by atoms with E-state index in [0.29, 0.717) is 27.2 Å². The van der Waals surface area contributed by atoms with Crippen LogP contribution in [0, 0.1) is 18.3 Å². The lowest BCUT2D eigenvalue weighted by Crippen LogP contribution is -2.41. The normalized spacial score (nSPS) is 10.8. The summed E-state index contributed by atoms with van der Waals surface area (Å²) in [7, 11) is 1.56. The summed E-state index contributed by atoms with van der Waals surface area (Å²) in [4.78, 5) is 12.7. The van der Waals surface area contributed by atoms with Crippen LogP contribution in [0.2, 0.25) is 0 Å². The maximum atomic E-state index is 12.7. The molecule has 9 nitrogen and oxygen atoms in total. The van der Waals surface area contributed by atoms with Gasteiger partial charge in [-0.1, -0.05) is 0 Å². The van der Waals surface area contributed by atoms with Gasteiger partial charge in [0, 0.05) is 30.2 Å². The zero-order chi connectivity index (χ0) is 21.3. The summed E-state index contributed by atoms with van der Waals surface area (Å²) in [6.07, 6.45) is 2.31. The third-order valence-electron chi connectivity index (χ3n) is 4.32. The largest absolute Gasteiger partial charge is 0.398 e. The van der Waals surface area contributed by atoms with Crippen molar-refractivity contribution in [2.75, 3.05) is 11.1 Å². The van der Waals surface area contributed by atoms with E-state index in [4.69, 9.17) is 16.4 Å². The first-order valence-electron chi connectivity index (χ1n) is 8.33. The van der Waals surface area contributed by atoms with E-state index in [9.17, 15) is 13.6 Å². The maximum Gasteiger partial charge on any atom is 0.333 e. The second kappa shape index (κ2) is 7.51. The number of hydrogen-bond donors (Lipinski definition) is 3. The van der Waals surface area contributed by atoms with Crippen LogP contribution in [0.4, 0.5) is 20.2 Å². The molecule has 148 valence electrons. The lowest BCUT2D eigenvalue weighted by atomic mass is 10.0.